The molecule has 2 atom stereocenters. The highest BCUT2D eigenvalue weighted by Crippen LogP contribution is 2.35. The van der Waals surface area contributed by atoms with Crippen LogP contribution in [0.25, 0.3) is 0 Å². The summed E-state index contributed by atoms with van der Waals surface area (Å²) in [6.45, 7) is 11.3. The number of hydrogen-bond acceptors (Lipinski definition) is 3. The van der Waals surface area contributed by atoms with Gasteiger partial charge in [0.2, 0.25) is 0 Å². The average Bonchev–Trinajstić information content (AvgIpc) is 2.72. The van der Waals surface area contributed by atoms with Crippen molar-refractivity contribution < 1.29 is 5.11 Å². The van der Waals surface area contributed by atoms with Gasteiger partial charge in [-0.25, -0.2) is 0 Å². The second kappa shape index (κ2) is 6.78. The largest absolute Gasteiger partial charge is 0.387 e. The first-order chi connectivity index (χ1) is 9.91. The summed E-state index contributed by atoms with van der Waals surface area (Å²) >= 11 is 0. The minimum absolute atomic E-state index is 0.406. The highest BCUT2D eigenvalue weighted by molar-refractivity contribution is 5.44. The van der Waals surface area contributed by atoms with Crippen LogP contribution in [0.3, 0.4) is 0 Å². The van der Waals surface area contributed by atoms with Crippen LogP contribution >= 0.6 is 0 Å². The zero-order valence-electron chi connectivity index (χ0n) is 14.0. The van der Waals surface area contributed by atoms with Gasteiger partial charge in [-0.2, -0.15) is 0 Å². The summed E-state index contributed by atoms with van der Waals surface area (Å²) in [5.74, 6) is 0.802. The van der Waals surface area contributed by atoms with E-state index in [0.29, 0.717) is 11.8 Å². The molecular formula is C18H30N2O. The Labute approximate surface area is 129 Å². The highest BCUT2D eigenvalue weighted by atomic mass is 16.3. The van der Waals surface area contributed by atoms with Gasteiger partial charge in [0.15, 0.2) is 0 Å². The first kappa shape index (κ1) is 16.3. The summed E-state index contributed by atoms with van der Waals surface area (Å²) in [6.07, 6.45) is 6.02. The average molecular weight is 290 g/mol. The molecule has 0 bridgehead atoms. The monoisotopic (exact) mass is 290 g/mol. The Bertz CT molecular complexity index is 436. The van der Waals surface area contributed by atoms with Gasteiger partial charge in [-0.15, -0.1) is 0 Å². The Morgan fingerprint density at radius 1 is 1.29 bits per heavy atom. The zero-order valence-corrected chi connectivity index (χ0v) is 14.0. The van der Waals surface area contributed by atoms with Gasteiger partial charge in [0.05, 0.1) is 23.7 Å². The molecule has 1 fully saturated rings. The topological polar surface area (TPSA) is 36.4 Å². The van der Waals surface area contributed by atoms with Crippen LogP contribution in [0.1, 0.15) is 65.2 Å². The molecule has 0 radical (unpaired) electrons. The van der Waals surface area contributed by atoms with E-state index in [9.17, 15) is 5.11 Å². The number of nitrogens with zero attached hydrogens (tertiary/aromatic N) is 2. The Kier molecular flexibility index (Phi) is 5.26. The molecule has 0 aliphatic carbocycles. The van der Waals surface area contributed by atoms with E-state index in [1.807, 2.05) is 19.2 Å². The smallest absolute Gasteiger partial charge is 0.0957 e. The van der Waals surface area contributed by atoms with E-state index in [0.717, 1.165) is 24.7 Å². The molecule has 2 rings (SSSR count). The maximum Gasteiger partial charge on any atom is 0.0957 e. The quantitative estimate of drug-likeness (QED) is 0.907. The van der Waals surface area contributed by atoms with E-state index < -0.39 is 6.10 Å². The minimum atomic E-state index is -0.437. The number of rotatable bonds is 3. The molecule has 118 valence electrons. The fourth-order valence-corrected chi connectivity index (χ4v) is 3.21. The van der Waals surface area contributed by atoms with Gasteiger partial charge in [0.1, 0.15) is 0 Å². The molecule has 1 aliphatic rings. The third-order valence-electron chi connectivity index (χ3n) is 4.82. The molecule has 3 nitrogen and oxygen atoms in total. The van der Waals surface area contributed by atoms with E-state index in [1.54, 1.807) is 0 Å². The fraction of sp³-hybridized carbons (Fsp3) is 0.722. The lowest BCUT2D eigenvalue weighted by Gasteiger charge is -2.30. The molecule has 2 heterocycles. The van der Waals surface area contributed by atoms with Gasteiger partial charge in [0.25, 0.3) is 0 Å². The lowest BCUT2D eigenvalue weighted by atomic mass is 9.77. The Morgan fingerprint density at radius 3 is 2.62 bits per heavy atom. The van der Waals surface area contributed by atoms with Crippen LogP contribution in [0.5, 0.6) is 0 Å². The number of pyridine rings is 1. The van der Waals surface area contributed by atoms with Crippen LogP contribution in [-0.4, -0.2) is 23.2 Å². The van der Waals surface area contributed by atoms with Crippen molar-refractivity contribution in [2.45, 2.75) is 59.5 Å². The first-order valence-electron chi connectivity index (χ1n) is 8.30. The first-order valence-corrected chi connectivity index (χ1v) is 8.30. The van der Waals surface area contributed by atoms with E-state index in [4.69, 9.17) is 0 Å². The van der Waals surface area contributed by atoms with Crippen molar-refractivity contribution >= 4 is 5.69 Å². The molecular weight excluding hydrogens is 260 g/mol. The molecule has 0 aromatic carbocycles. The number of hydrogen-bond donors (Lipinski definition) is 1. The lowest BCUT2D eigenvalue weighted by molar-refractivity contribution is 0.169. The summed E-state index contributed by atoms with van der Waals surface area (Å²) in [6, 6.07) is 4.08. The predicted molar refractivity (Wildman–Crippen MR) is 88.5 cm³/mol. The molecule has 2 unspecified atom stereocenters. The van der Waals surface area contributed by atoms with Gasteiger partial charge in [-0.05, 0) is 49.1 Å². The van der Waals surface area contributed by atoms with Gasteiger partial charge < -0.3 is 10.0 Å². The summed E-state index contributed by atoms with van der Waals surface area (Å²) < 4.78 is 0. The van der Waals surface area contributed by atoms with Crippen molar-refractivity contribution in [2.24, 2.45) is 11.3 Å². The third kappa shape index (κ3) is 4.19. The van der Waals surface area contributed by atoms with E-state index in [1.165, 1.54) is 24.9 Å². The summed E-state index contributed by atoms with van der Waals surface area (Å²) in [5, 5.41) is 9.82. The number of aliphatic hydroxyl groups is 1. The van der Waals surface area contributed by atoms with Gasteiger partial charge >= 0.3 is 0 Å². The number of aliphatic hydroxyl groups excluding tert-OH is 1. The zero-order chi connectivity index (χ0) is 15.5. The summed E-state index contributed by atoms with van der Waals surface area (Å²) in [4.78, 5) is 6.88. The summed E-state index contributed by atoms with van der Waals surface area (Å²) in [5.41, 5.74) is 2.38. The molecule has 1 N–H and O–H groups in total. The maximum absolute atomic E-state index is 9.82. The molecule has 1 aromatic rings. The minimum Gasteiger partial charge on any atom is -0.387 e. The van der Waals surface area contributed by atoms with Crippen LogP contribution in [0.15, 0.2) is 18.3 Å². The van der Waals surface area contributed by atoms with Crippen molar-refractivity contribution in [3.63, 3.8) is 0 Å². The molecule has 0 saturated carbocycles. The number of anilines is 1. The molecule has 21 heavy (non-hydrogen) atoms. The van der Waals surface area contributed by atoms with Crippen molar-refractivity contribution in [1.29, 1.82) is 0 Å². The second-order valence-electron chi connectivity index (χ2n) is 7.35. The fourth-order valence-electron chi connectivity index (χ4n) is 3.21. The SMILES string of the molecule is CCC(O)c1ccc(N2CCCC(C(C)(C)C)CC2)cn1. The van der Waals surface area contributed by atoms with E-state index in [2.05, 4.69) is 36.7 Å². The normalized spacial score (nSPS) is 22.0. The Balaban J connectivity index is 2.02. The van der Waals surface area contributed by atoms with Crippen LogP contribution in [0.4, 0.5) is 5.69 Å². The van der Waals surface area contributed by atoms with Crippen molar-refractivity contribution in [3.05, 3.63) is 24.0 Å². The van der Waals surface area contributed by atoms with Crippen molar-refractivity contribution in [2.75, 3.05) is 18.0 Å². The highest BCUT2D eigenvalue weighted by Gasteiger charge is 2.27. The maximum atomic E-state index is 9.82. The predicted octanol–water partition coefficient (Wildman–Crippen LogP) is 4.18. The molecule has 0 amide bonds. The molecule has 0 spiro atoms. The van der Waals surface area contributed by atoms with Gasteiger partial charge in [0, 0.05) is 13.1 Å². The van der Waals surface area contributed by atoms with Crippen molar-refractivity contribution in [1.82, 2.24) is 4.98 Å². The lowest BCUT2D eigenvalue weighted by Crippen LogP contribution is -2.26. The van der Waals surface area contributed by atoms with E-state index >= 15 is 0 Å². The van der Waals surface area contributed by atoms with E-state index in [-0.39, 0.29) is 0 Å². The number of aromatic nitrogens is 1. The van der Waals surface area contributed by atoms with Crippen molar-refractivity contribution in [3.8, 4) is 0 Å². The van der Waals surface area contributed by atoms with Crippen LogP contribution in [0.2, 0.25) is 0 Å². The molecule has 3 heteroatoms. The molecule has 1 aromatic heterocycles. The Hall–Kier alpha value is -1.09. The molecule has 1 aliphatic heterocycles. The second-order valence-corrected chi connectivity index (χ2v) is 7.35. The standard InChI is InChI=1S/C18H30N2O/c1-5-17(21)16-9-8-15(13-19-16)20-11-6-7-14(10-12-20)18(2,3)4/h8-9,13-14,17,21H,5-7,10-12H2,1-4H3. The molecule has 1 saturated heterocycles. The van der Waals surface area contributed by atoms with Gasteiger partial charge in [-0.1, -0.05) is 27.7 Å². The Morgan fingerprint density at radius 2 is 2.05 bits per heavy atom. The van der Waals surface area contributed by atoms with Crippen LogP contribution in [0, 0.1) is 11.3 Å². The third-order valence-corrected chi connectivity index (χ3v) is 4.82. The van der Waals surface area contributed by atoms with Gasteiger partial charge in [-0.3, -0.25) is 4.98 Å². The van der Waals surface area contributed by atoms with Crippen LogP contribution in [-0.2, 0) is 0 Å². The summed E-state index contributed by atoms with van der Waals surface area (Å²) in [7, 11) is 0. The van der Waals surface area contributed by atoms with Crippen LogP contribution < -0.4 is 4.90 Å².